The van der Waals surface area contributed by atoms with Crippen molar-refractivity contribution in [2.24, 2.45) is 0 Å². The van der Waals surface area contributed by atoms with Crippen LogP contribution in [0.25, 0.3) is 28.2 Å². The molecule has 0 saturated heterocycles. The van der Waals surface area contributed by atoms with Gasteiger partial charge in [0.05, 0.1) is 0 Å². The number of carbonyl (C=O) groups is 1. The fourth-order valence-corrected chi connectivity index (χ4v) is 5.23. The normalized spacial score (nSPS) is 13.1. The minimum Gasteiger partial charge on any atom is -0.321 e. The molecule has 0 aliphatic carbocycles. The highest BCUT2D eigenvalue weighted by Crippen LogP contribution is 2.38. The van der Waals surface area contributed by atoms with Crippen molar-refractivity contribution in [1.82, 2.24) is 14.2 Å². The molecule has 0 atom stereocenters. The van der Waals surface area contributed by atoms with Gasteiger partial charge >= 0.3 is 0 Å². The minimum absolute atomic E-state index is 0.201. The molecule has 0 saturated carbocycles. The highest BCUT2D eigenvalue weighted by atomic mass is 35.5. The van der Waals surface area contributed by atoms with E-state index in [0.29, 0.717) is 16.4 Å². The summed E-state index contributed by atoms with van der Waals surface area (Å²) in [7, 11) is 0. The Morgan fingerprint density at radius 3 is 2.51 bits per heavy atom. The van der Waals surface area contributed by atoms with Crippen LogP contribution in [0.3, 0.4) is 0 Å². The van der Waals surface area contributed by atoms with Crippen molar-refractivity contribution < 1.29 is 4.79 Å². The molecule has 0 spiro atoms. The summed E-state index contributed by atoms with van der Waals surface area (Å²) in [4.78, 5) is 13.8. The molecule has 0 fully saturated rings. The van der Waals surface area contributed by atoms with Gasteiger partial charge in [0.25, 0.3) is 5.91 Å². The van der Waals surface area contributed by atoms with Crippen LogP contribution in [0.15, 0.2) is 78.9 Å². The topological polar surface area (TPSA) is 51.3 Å². The Hall–Kier alpha value is -3.83. The molecule has 35 heavy (non-hydrogen) atoms. The number of benzene rings is 3. The molecule has 3 heterocycles. The molecule has 174 valence electrons. The van der Waals surface area contributed by atoms with Gasteiger partial charge in [-0.15, -0.1) is 5.10 Å². The zero-order valence-electron chi connectivity index (χ0n) is 19.5. The second kappa shape index (κ2) is 8.75. The summed E-state index contributed by atoms with van der Waals surface area (Å²) >= 11 is 6.18. The third-order valence-corrected chi connectivity index (χ3v) is 6.89. The van der Waals surface area contributed by atoms with E-state index in [-0.39, 0.29) is 5.91 Å². The molecule has 5 nitrogen and oxygen atoms in total. The first kappa shape index (κ1) is 21.7. The summed E-state index contributed by atoms with van der Waals surface area (Å²) in [6, 6.07) is 25.8. The van der Waals surface area contributed by atoms with Crippen molar-refractivity contribution >= 4 is 28.8 Å². The van der Waals surface area contributed by atoms with E-state index < -0.39 is 0 Å². The smallest absolute Gasteiger partial charge is 0.275 e. The molecule has 0 bridgehead atoms. The molecular formula is C29H25ClN4O. The van der Waals surface area contributed by atoms with Gasteiger partial charge in [-0.3, -0.25) is 4.79 Å². The first-order valence-corrected chi connectivity index (χ1v) is 12.3. The van der Waals surface area contributed by atoms with E-state index >= 15 is 0 Å². The third-order valence-electron chi connectivity index (χ3n) is 6.66. The van der Waals surface area contributed by atoms with Crippen LogP contribution >= 0.6 is 11.6 Å². The molecule has 1 aliphatic heterocycles. The lowest BCUT2D eigenvalue weighted by molar-refractivity contribution is 0.102. The van der Waals surface area contributed by atoms with Gasteiger partial charge in [-0.1, -0.05) is 77.8 Å². The summed E-state index contributed by atoms with van der Waals surface area (Å²) in [5.74, 6) is 0.688. The third kappa shape index (κ3) is 3.82. The fourth-order valence-electron chi connectivity index (χ4n) is 5.04. The number of nitrogens with zero attached hydrogens (tertiary/aromatic N) is 3. The van der Waals surface area contributed by atoms with Gasteiger partial charge < -0.3 is 9.88 Å². The Kier molecular flexibility index (Phi) is 5.42. The van der Waals surface area contributed by atoms with Gasteiger partial charge in [0.15, 0.2) is 5.82 Å². The molecule has 5 aromatic rings. The van der Waals surface area contributed by atoms with Crippen LogP contribution in [-0.2, 0) is 13.0 Å². The number of amides is 1. The Balaban J connectivity index is 1.60. The maximum atomic E-state index is 13.8. The van der Waals surface area contributed by atoms with Gasteiger partial charge in [-0.05, 0) is 49.9 Å². The first-order chi connectivity index (χ1) is 17.1. The van der Waals surface area contributed by atoms with E-state index in [0.717, 1.165) is 54.0 Å². The second-order valence-corrected chi connectivity index (χ2v) is 9.50. The standard InChI is InChI=1S/C29H25ClN4O/c1-19-13-15-21(16-14-19)27-32-34-26(28(35)31-23-11-7-10-22(30)18-23)25(20-8-3-2-4-9-20)24-12-5-6-17-33(27)29(24)34/h2-4,7-11,13-16,18H,5-6,12,17H2,1H3,(H,31,35). The summed E-state index contributed by atoms with van der Waals surface area (Å²) < 4.78 is 4.15. The SMILES string of the molecule is Cc1ccc(-c2nn3c(C(=O)Nc4cccc(Cl)c4)c(-c4ccccc4)c4c3n2CCCC4)cc1. The predicted octanol–water partition coefficient (Wildman–Crippen LogP) is 7.02. The summed E-state index contributed by atoms with van der Waals surface area (Å²) in [5.41, 5.74) is 7.63. The van der Waals surface area contributed by atoms with E-state index in [4.69, 9.17) is 16.7 Å². The van der Waals surface area contributed by atoms with E-state index in [1.54, 1.807) is 12.1 Å². The average Bonchev–Trinajstić information content (AvgIpc) is 3.28. The van der Waals surface area contributed by atoms with Crippen LogP contribution in [0.2, 0.25) is 5.02 Å². The fraction of sp³-hybridized carbons (Fsp3) is 0.172. The van der Waals surface area contributed by atoms with Crippen molar-refractivity contribution in [3.63, 3.8) is 0 Å². The number of anilines is 1. The molecule has 3 aromatic carbocycles. The Morgan fingerprint density at radius 1 is 0.943 bits per heavy atom. The summed E-state index contributed by atoms with van der Waals surface area (Å²) in [5, 5.41) is 8.68. The van der Waals surface area contributed by atoms with Crippen molar-refractivity contribution in [1.29, 1.82) is 0 Å². The molecule has 2 aromatic heterocycles. The van der Waals surface area contributed by atoms with Gasteiger partial charge in [0.1, 0.15) is 11.3 Å². The van der Waals surface area contributed by atoms with Gasteiger partial charge in [-0.2, -0.15) is 0 Å². The Bertz CT molecular complexity index is 1550. The number of halogens is 1. The number of rotatable bonds is 4. The number of aryl methyl sites for hydroxylation is 3. The number of aromatic nitrogens is 3. The van der Waals surface area contributed by atoms with Crippen molar-refractivity contribution in [3.05, 3.63) is 101 Å². The van der Waals surface area contributed by atoms with Crippen LogP contribution in [0, 0.1) is 6.92 Å². The second-order valence-electron chi connectivity index (χ2n) is 9.07. The summed E-state index contributed by atoms with van der Waals surface area (Å²) in [6.45, 7) is 2.95. The zero-order valence-corrected chi connectivity index (χ0v) is 20.2. The highest BCUT2D eigenvalue weighted by molar-refractivity contribution is 6.31. The van der Waals surface area contributed by atoms with Crippen LogP contribution in [0.5, 0.6) is 0 Å². The maximum Gasteiger partial charge on any atom is 0.275 e. The first-order valence-electron chi connectivity index (χ1n) is 11.9. The van der Waals surface area contributed by atoms with Crippen molar-refractivity contribution in [3.8, 4) is 22.5 Å². The van der Waals surface area contributed by atoms with Crippen LogP contribution < -0.4 is 5.32 Å². The number of carbonyl (C=O) groups excluding carboxylic acids is 1. The van der Waals surface area contributed by atoms with Gasteiger partial charge in [-0.25, -0.2) is 4.52 Å². The summed E-state index contributed by atoms with van der Waals surface area (Å²) in [6.07, 6.45) is 3.03. The predicted molar refractivity (Wildman–Crippen MR) is 141 cm³/mol. The lowest BCUT2D eigenvalue weighted by atomic mass is 9.98. The average molecular weight is 481 g/mol. The van der Waals surface area contributed by atoms with Crippen molar-refractivity contribution in [2.75, 3.05) is 5.32 Å². The molecule has 1 aliphatic rings. The number of nitrogens with one attached hydrogen (secondary N) is 1. The number of hydrogen-bond acceptors (Lipinski definition) is 2. The van der Waals surface area contributed by atoms with E-state index in [2.05, 4.69) is 53.2 Å². The Morgan fingerprint density at radius 2 is 1.74 bits per heavy atom. The van der Waals surface area contributed by atoms with E-state index in [1.165, 1.54) is 11.1 Å². The van der Waals surface area contributed by atoms with Crippen LogP contribution in [0.4, 0.5) is 5.69 Å². The molecule has 1 N–H and O–H groups in total. The maximum absolute atomic E-state index is 13.8. The minimum atomic E-state index is -0.201. The molecular weight excluding hydrogens is 456 g/mol. The lowest BCUT2D eigenvalue weighted by Gasteiger charge is -2.10. The van der Waals surface area contributed by atoms with Crippen LogP contribution in [0.1, 0.15) is 34.5 Å². The van der Waals surface area contributed by atoms with Gasteiger partial charge in [0, 0.05) is 33.9 Å². The molecule has 6 rings (SSSR count). The molecule has 0 unspecified atom stereocenters. The van der Waals surface area contributed by atoms with Gasteiger partial charge in [0.2, 0.25) is 0 Å². The molecule has 0 radical (unpaired) electrons. The number of hydrogen-bond donors (Lipinski definition) is 1. The van der Waals surface area contributed by atoms with E-state index in [1.807, 2.05) is 34.8 Å². The van der Waals surface area contributed by atoms with E-state index in [9.17, 15) is 4.79 Å². The lowest BCUT2D eigenvalue weighted by Crippen LogP contribution is -2.16. The van der Waals surface area contributed by atoms with Crippen molar-refractivity contribution in [2.45, 2.75) is 32.7 Å². The molecule has 6 heteroatoms. The van der Waals surface area contributed by atoms with Crippen LogP contribution in [-0.4, -0.2) is 20.1 Å². The highest BCUT2D eigenvalue weighted by Gasteiger charge is 2.30. The largest absolute Gasteiger partial charge is 0.321 e. The quantitative estimate of drug-likeness (QED) is 0.300. The molecule has 1 amide bonds. The Labute approximate surface area is 209 Å². The monoisotopic (exact) mass is 480 g/mol. The zero-order chi connectivity index (χ0) is 23.9.